The summed E-state index contributed by atoms with van der Waals surface area (Å²) in [7, 11) is 0. The summed E-state index contributed by atoms with van der Waals surface area (Å²) < 4.78 is 16.5. The Kier molecular flexibility index (Phi) is 5.04. The van der Waals surface area contributed by atoms with Crippen LogP contribution in [0.4, 0.5) is 0 Å². The number of hydrogen-bond acceptors (Lipinski definition) is 5. The minimum absolute atomic E-state index is 0.407. The van der Waals surface area contributed by atoms with Gasteiger partial charge in [-0.25, -0.2) is 4.79 Å². The second-order valence-electron chi connectivity index (χ2n) is 4.63. The van der Waals surface area contributed by atoms with E-state index in [2.05, 4.69) is 4.98 Å². The lowest BCUT2D eigenvalue weighted by Crippen LogP contribution is -2.10. The molecule has 0 saturated carbocycles. The molecule has 0 aliphatic carbocycles. The van der Waals surface area contributed by atoms with Crippen LogP contribution in [-0.2, 0) is 4.79 Å². The van der Waals surface area contributed by atoms with Gasteiger partial charge in [-0.3, -0.25) is 4.98 Å². The highest BCUT2D eigenvalue weighted by Crippen LogP contribution is 2.36. The molecule has 0 aliphatic rings. The molecule has 0 unspecified atom stereocenters. The molecule has 0 atom stereocenters. The third-order valence-electron chi connectivity index (χ3n) is 2.92. The summed E-state index contributed by atoms with van der Waals surface area (Å²) in [4.78, 5) is 15.2. The third-order valence-corrected chi connectivity index (χ3v) is 2.92. The van der Waals surface area contributed by atoms with E-state index >= 15 is 0 Å². The van der Waals surface area contributed by atoms with Crippen molar-refractivity contribution in [1.29, 1.82) is 0 Å². The Bertz CT molecular complexity index is 684. The van der Waals surface area contributed by atoms with Gasteiger partial charge in [-0.2, -0.15) is 0 Å². The lowest BCUT2D eigenvalue weighted by Gasteiger charge is -2.14. The fraction of sp³-hybridized carbons (Fsp3) is 0.375. The first-order valence-electron chi connectivity index (χ1n) is 7.10. The zero-order valence-corrected chi connectivity index (χ0v) is 12.9. The van der Waals surface area contributed by atoms with Gasteiger partial charge in [0.15, 0.2) is 18.1 Å². The summed E-state index contributed by atoms with van der Waals surface area (Å²) in [6.45, 7) is 6.20. The van der Waals surface area contributed by atoms with Crippen molar-refractivity contribution in [3.63, 3.8) is 0 Å². The van der Waals surface area contributed by atoms with E-state index in [1.54, 1.807) is 18.2 Å². The Labute approximate surface area is 128 Å². The Morgan fingerprint density at radius 1 is 1.05 bits per heavy atom. The second kappa shape index (κ2) is 6.98. The van der Waals surface area contributed by atoms with Gasteiger partial charge in [0.2, 0.25) is 0 Å². The number of benzene rings is 1. The number of nitrogens with zero attached hydrogens (tertiary/aromatic N) is 1. The van der Waals surface area contributed by atoms with Gasteiger partial charge in [0, 0.05) is 23.2 Å². The van der Waals surface area contributed by atoms with Crippen LogP contribution >= 0.6 is 0 Å². The maximum atomic E-state index is 10.7. The molecular weight excluding hydrogens is 286 g/mol. The minimum atomic E-state index is -1.03. The summed E-state index contributed by atoms with van der Waals surface area (Å²) in [5, 5.41) is 9.48. The lowest BCUT2D eigenvalue weighted by molar-refractivity contribution is -0.139. The molecule has 0 amide bonds. The van der Waals surface area contributed by atoms with Crippen LogP contribution in [0.1, 0.15) is 19.5 Å². The molecular formula is C16H19NO5. The molecule has 2 rings (SSSR count). The molecule has 6 nitrogen and oxygen atoms in total. The SMILES string of the molecule is CCOc1cc2nc(C)cc(OCC(=O)O)c2cc1OCC. The number of fused-ring (bicyclic) bond motifs is 1. The standard InChI is InChI=1S/C16H19NO5/c1-4-20-14-7-11-12(8-15(14)21-5-2)17-10(3)6-13(11)22-9-16(18)19/h6-8H,4-5,9H2,1-3H3,(H,18,19). The highest BCUT2D eigenvalue weighted by atomic mass is 16.5. The van der Waals surface area contributed by atoms with E-state index in [0.717, 1.165) is 5.69 Å². The number of carboxylic acid groups (broad SMARTS) is 1. The van der Waals surface area contributed by atoms with Crippen molar-refractivity contribution in [2.24, 2.45) is 0 Å². The van der Waals surface area contributed by atoms with E-state index in [9.17, 15) is 4.79 Å². The topological polar surface area (TPSA) is 77.9 Å². The normalized spacial score (nSPS) is 10.5. The average Bonchev–Trinajstić information content (AvgIpc) is 2.46. The predicted octanol–water partition coefficient (Wildman–Crippen LogP) is 2.80. The molecule has 1 heterocycles. The quantitative estimate of drug-likeness (QED) is 0.847. The van der Waals surface area contributed by atoms with Gasteiger partial charge < -0.3 is 19.3 Å². The molecule has 1 N–H and O–H groups in total. The zero-order valence-electron chi connectivity index (χ0n) is 12.9. The number of hydrogen-bond donors (Lipinski definition) is 1. The van der Waals surface area contributed by atoms with E-state index < -0.39 is 12.6 Å². The maximum absolute atomic E-state index is 10.7. The Morgan fingerprint density at radius 2 is 1.68 bits per heavy atom. The van der Waals surface area contributed by atoms with E-state index in [1.165, 1.54) is 0 Å². The fourth-order valence-electron chi connectivity index (χ4n) is 2.12. The first-order valence-corrected chi connectivity index (χ1v) is 7.10. The predicted molar refractivity (Wildman–Crippen MR) is 81.9 cm³/mol. The molecule has 0 saturated heterocycles. The van der Waals surface area contributed by atoms with Gasteiger partial charge in [-0.1, -0.05) is 0 Å². The first-order chi connectivity index (χ1) is 10.5. The van der Waals surface area contributed by atoms with E-state index in [0.29, 0.717) is 41.4 Å². The van der Waals surface area contributed by atoms with Gasteiger partial charge in [-0.05, 0) is 26.8 Å². The van der Waals surface area contributed by atoms with Crippen LogP contribution in [0.25, 0.3) is 10.9 Å². The van der Waals surface area contributed by atoms with Crippen LogP contribution in [0.2, 0.25) is 0 Å². The summed E-state index contributed by atoms with van der Waals surface area (Å²) in [5.41, 5.74) is 1.41. The molecule has 22 heavy (non-hydrogen) atoms. The van der Waals surface area contributed by atoms with Gasteiger partial charge in [0.1, 0.15) is 5.75 Å². The highest BCUT2D eigenvalue weighted by molar-refractivity contribution is 5.88. The molecule has 0 bridgehead atoms. The molecule has 6 heteroatoms. The van der Waals surface area contributed by atoms with E-state index in [1.807, 2.05) is 20.8 Å². The summed E-state index contributed by atoms with van der Waals surface area (Å²) in [5.74, 6) is 0.634. The molecule has 1 aromatic carbocycles. The van der Waals surface area contributed by atoms with Gasteiger partial charge in [0.25, 0.3) is 0 Å². The van der Waals surface area contributed by atoms with Crippen molar-refractivity contribution < 1.29 is 24.1 Å². The number of aromatic nitrogens is 1. The highest BCUT2D eigenvalue weighted by Gasteiger charge is 2.13. The van der Waals surface area contributed by atoms with Gasteiger partial charge in [0.05, 0.1) is 18.7 Å². The van der Waals surface area contributed by atoms with Crippen molar-refractivity contribution in [2.45, 2.75) is 20.8 Å². The second-order valence-corrected chi connectivity index (χ2v) is 4.63. The van der Waals surface area contributed by atoms with Crippen LogP contribution < -0.4 is 14.2 Å². The third kappa shape index (κ3) is 3.58. The maximum Gasteiger partial charge on any atom is 0.341 e. The van der Waals surface area contributed by atoms with Gasteiger partial charge >= 0.3 is 5.97 Å². The van der Waals surface area contributed by atoms with Crippen molar-refractivity contribution in [2.75, 3.05) is 19.8 Å². The first kappa shape index (κ1) is 15.9. The number of rotatable bonds is 7. The number of aryl methyl sites for hydroxylation is 1. The van der Waals surface area contributed by atoms with Gasteiger partial charge in [-0.15, -0.1) is 0 Å². The van der Waals surface area contributed by atoms with E-state index in [4.69, 9.17) is 19.3 Å². The van der Waals surface area contributed by atoms with Crippen LogP contribution in [0.5, 0.6) is 17.2 Å². The summed E-state index contributed by atoms with van der Waals surface area (Å²) in [6, 6.07) is 5.26. The lowest BCUT2D eigenvalue weighted by atomic mass is 10.1. The number of aliphatic carboxylic acids is 1. The van der Waals surface area contributed by atoms with Crippen LogP contribution in [0, 0.1) is 6.92 Å². The molecule has 0 aliphatic heterocycles. The number of carbonyl (C=O) groups is 1. The van der Waals surface area contributed by atoms with Crippen molar-refractivity contribution in [1.82, 2.24) is 4.98 Å². The summed E-state index contributed by atoms with van der Waals surface area (Å²) >= 11 is 0. The Hall–Kier alpha value is -2.50. The minimum Gasteiger partial charge on any atom is -0.490 e. The number of ether oxygens (including phenoxy) is 3. The molecule has 0 fully saturated rings. The van der Waals surface area contributed by atoms with Crippen molar-refractivity contribution >= 4 is 16.9 Å². The Morgan fingerprint density at radius 3 is 2.27 bits per heavy atom. The Balaban J connectivity index is 2.55. The largest absolute Gasteiger partial charge is 0.490 e. The molecule has 0 spiro atoms. The molecule has 2 aromatic rings. The smallest absolute Gasteiger partial charge is 0.341 e. The van der Waals surface area contributed by atoms with Crippen LogP contribution in [-0.4, -0.2) is 35.9 Å². The van der Waals surface area contributed by atoms with Crippen LogP contribution in [0.3, 0.4) is 0 Å². The van der Waals surface area contributed by atoms with Crippen molar-refractivity contribution in [3.05, 3.63) is 23.9 Å². The average molecular weight is 305 g/mol. The number of pyridine rings is 1. The van der Waals surface area contributed by atoms with Crippen molar-refractivity contribution in [3.8, 4) is 17.2 Å². The molecule has 118 valence electrons. The van der Waals surface area contributed by atoms with E-state index in [-0.39, 0.29) is 0 Å². The number of carboxylic acids is 1. The molecule has 0 radical (unpaired) electrons. The molecule has 1 aromatic heterocycles. The monoisotopic (exact) mass is 305 g/mol. The fourth-order valence-corrected chi connectivity index (χ4v) is 2.12. The summed E-state index contributed by atoms with van der Waals surface area (Å²) in [6.07, 6.45) is 0. The zero-order chi connectivity index (χ0) is 16.1. The van der Waals surface area contributed by atoms with Crippen LogP contribution in [0.15, 0.2) is 18.2 Å².